The largest absolute Gasteiger partial charge is 0.496 e. The van der Waals surface area contributed by atoms with Crippen LogP contribution < -0.4 is 9.64 Å². The summed E-state index contributed by atoms with van der Waals surface area (Å²) in [6.45, 7) is 6.37. The first-order valence-electron chi connectivity index (χ1n) is 11.6. The molecule has 1 aliphatic carbocycles. The maximum Gasteiger partial charge on any atom is 0.209 e. The first-order chi connectivity index (χ1) is 15.0. The highest BCUT2D eigenvalue weighted by Crippen LogP contribution is 2.49. The van der Waals surface area contributed by atoms with Gasteiger partial charge in [0, 0.05) is 52.6 Å². The summed E-state index contributed by atoms with van der Waals surface area (Å²) in [7, 11) is 3.99. The highest BCUT2D eigenvalue weighted by atomic mass is 79.9. The second kappa shape index (κ2) is 9.20. The van der Waals surface area contributed by atoms with Gasteiger partial charge in [0.25, 0.3) is 0 Å². The number of nitrogens with zero attached hydrogens (tertiary/aromatic N) is 2. The standard InChI is InChI=1S/C27H34BrN2O/c1-5-30(6-2)22-13-10-20(25(19-22)31-4)11-15-26-27(16-8-7-9-17-27)23-18-21(28)12-14-24(23)29(26)3/h10-15,18-19H,5-9,16-17H2,1-4H3/q+1. The van der Waals surface area contributed by atoms with Crippen LogP contribution in [-0.4, -0.2) is 37.5 Å². The number of anilines is 1. The van der Waals surface area contributed by atoms with Crippen LogP contribution in [0.3, 0.4) is 0 Å². The zero-order valence-electron chi connectivity index (χ0n) is 19.2. The van der Waals surface area contributed by atoms with E-state index in [0.717, 1.165) is 24.4 Å². The summed E-state index contributed by atoms with van der Waals surface area (Å²) in [5.74, 6) is 0.930. The predicted molar refractivity (Wildman–Crippen MR) is 135 cm³/mol. The molecule has 2 aromatic rings. The minimum absolute atomic E-state index is 0.122. The Morgan fingerprint density at radius 2 is 1.77 bits per heavy atom. The Morgan fingerprint density at radius 1 is 1.03 bits per heavy atom. The number of rotatable bonds is 6. The third kappa shape index (κ3) is 3.95. The van der Waals surface area contributed by atoms with Crippen LogP contribution >= 0.6 is 15.9 Å². The topological polar surface area (TPSA) is 15.5 Å². The Kier molecular flexibility index (Phi) is 6.57. The lowest BCUT2D eigenvalue weighted by molar-refractivity contribution is -0.401. The number of allylic oxidation sites excluding steroid dienone is 1. The Balaban J connectivity index is 1.73. The van der Waals surface area contributed by atoms with Crippen LogP contribution in [-0.2, 0) is 5.41 Å². The third-order valence-electron chi connectivity index (χ3n) is 7.16. The first-order valence-corrected chi connectivity index (χ1v) is 12.4. The third-order valence-corrected chi connectivity index (χ3v) is 7.65. The fourth-order valence-electron chi connectivity index (χ4n) is 5.52. The smallest absolute Gasteiger partial charge is 0.209 e. The van der Waals surface area contributed by atoms with Crippen molar-refractivity contribution in [1.82, 2.24) is 0 Å². The van der Waals surface area contributed by atoms with E-state index in [0.29, 0.717) is 0 Å². The van der Waals surface area contributed by atoms with E-state index in [1.807, 2.05) is 0 Å². The number of hydrogen-bond acceptors (Lipinski definition) is 2. The normalized spacial score (nSPS) is 17.5. The number of benzene rings is 2. The van der Waals surface area contributed by atoms with Crippen LogP contribution in [0.1, 0.15) is 57.1 Å². The van der Waals surface area contributed by atoms with Gasteiger partial charge in [-0.25, -0.2) is 0 Å². The van der Waals surface area contributed by atoms with E-state index in [4.69, 9.17) is 4.74 Å². The van der Waals surface area contributed by atoms with E-state index in [1.54, 1.807) is 7.11 Å². The van der Waals surface area contributed by atoms with Gasteiger partial charge in [0.05, 0.1) is 12.5 Å². The maximum atomic E-state index is 5.77. The summed E-state index contributed by atoms with van der Waals surface area (Å²) in [6.07, 6.45) is 10.9. The van der Waals surface area contributed by atoms with Gasteiger partial charge in [-0.15, -0.1) is 0 Å². The molecule has 1 spiro atoms. The van der Waals surface area contributed by atoms with Gasteiger partial charge in [-0.05, 0) is 57.0 Å². The van der Waals surface area contributed by atoms with Crippen molar-refractivity contribution in [2.24, 2.45) is 0 Å². The molecule has 1 saturated carbocycles. The van der Waals surface area contributed by atoms with Crippen molar-refractivity contribution < 1.29 is 9.31 Å². The Labute approximate surface area is 195 Å². The van der Waals surface area contributed by atoms with Gasteiger partial charge in [-0.2, -0.15) is 4.58 Å². The molecule has 0 radical (unpaired) electrons. The molecule has 0 saturated heterocycles. The van der Waals surface area contributed by atoms with Crippen LogP contribution in [0.4, 0.5) is 11.4 Å². The molecule has 0 atom stereocenters. The van der Waals surface area contributed by atoms with E-state index < -0.39 is 0 Å². The lowest BCUT2D eigenvalue weighted by Crippen LogP contribution is -2.36. The van der Waals surface area contributed by atoms with E-state index in [-0.39, 0.29) is 5.41 Å². The molecular weight excluding hydrogens is 448 g/mol. The average Bonchev–Trinajstić information content (AvgIpc) is 3.00. The van der Waals surface area contributed by atoms with Gasteiger partial charge >= 0.3 is 0 Å². The number of hydrogen-bond donors (Lipinski definition) is 0. The highest BCUT2D eigenvalue weighted by Gasteiger charge is 2.50. The fourth-order valence-corrected chi connectivity index (χ4v) is 5.88. The lowest BCUT2D eigenvalue weighted by atomic mass is 9.67. The molecule has 0 N–H and O–H groups in total. The summed E-state index contributed by atoms with van der Waals surface area (Å²) in [5.41, 5.74) is 6.70. The molecule has 1 aliphatic heterocycles. The molecule has 2 aromatic carbocycles. The van der Waals surface area contributed by atoms with Crippen LogP contribution in [0.2, 0.25) is 0 Å². The molecular formula is C27H34BrN2O+. The molecule has 0 unspecified atom stereocenters. The van der Waals surface area contributed by atoms with E-state index in [2.05, 4.69) is 94.9 Å². The number of methoxy groups -OCH3 is 1. The summed E-state index contributed by atoms with van der Waals surface area (Å²) in [6, 6.07) is 13.3. The van der Waals surface area contributed by atoms with Gasteiger partial charge < -0.3 is 9.64 Å². The summed E-state index contributed by atoms with van der Waals surface area (Å²) < 4.78 is 9.35. The van der Waals surface area contributed by atoms with Gasteiger partial charge in [-0.1, -0.05) is 35.2 Å². The van der Waals surface area contributed by atoms with Crippen molar-refractivity contribution in [2.75, 3.05) is 32.1 Å². The van der Waals surface area contributed by atoms with Crippen molar-refractivity contribution in [3.05, 3.63) is 58.1 Å². The monoisotopic (exact) mass is 481 g/mol. The van der Waals surface area contributed by atoms with E-state index >= 15 is 0 Å². The summed E-state index contributed by atoms with van der Waals surface area (Å²) in [4.78, 5) is 2.35. The highest BCUT2D eigenvalue weighted by molar-refractivity contribution is 9.10. The minimum Gasteiger partial charge on any atom is -0.496 e. The average molecular weight is 482 g/mol. The first kappa shape index (κ1) is 22.1. The number of fused-ring (bicyclic) bond motifs is 2. The van der Waals surface area contributed by atoms with Gasteiger partial charge in [0.15, 0.2) is 5.71 Å². The zero-order chi connectivity index (χ0) is 22.0. The maximum absolute atomic E-state index is 5.77. The quantitative estimate of drug-likeness (QED) is 0.414. The predicted octanol–water partition coefficient (Wildman–Crippen LogP) is 6.95. The van der Waals surface area contributed by atoms with Crippen LogP contribution in [0.15, 0.2) is 46.9 Å². The molecule has 3 nitrogen and oxygen atoms in total. The fraction of sp³-hybridized carbons (Fsp3) is 0.444. The number of halogens is 1. The molecule has 4 heteroatoms. The second-order valence-electron chi connectivity index (χ2n) is 8.68. The number of ether oxygens (including phenoxy) is 1. The lowest BCUT2D eigenvalue weighted by Gasteiger charge is -2.31. The van der Waals surface area contributed by atoms with Crippen LogP contribution in [0.25, 0.3) is 6.08 Å². The van der Waals surface area contributed by atoms with E-state index in [9.17, 15) is 0 Å². The van der Waals surface area contributed by atoms with Gasteiger partial charge in [0.1, 0.15) is 12.8 Å². The molecule has 2 aliphatic rings. The molecule has 0 amide bonds. The zero-order valence-corrected chi connectivity index (χ0v) is 20.8. The Bertz CT molecular complexity index is 1010. The van der Waals surface area contributed by atoms with Crippen molar-refractivity contribution in [2.45, 2.75) is 51.4 Å². The Morgan fingerprint density at radius 3 is 2.45 bits per heavy atom. The molecule has 0 aromatic heterocycles. The van der Waals surface area contributed by atoms with Crippen LogP contribution in [0, 0.1) is 0 Å². The molecule has 1 fully saturated rings. The second-order valence-corrected chi connectivity index (χ2v) is 9.60. The van der Waals surface area contributed by atoms with Crippen molar-refractivity contribution in [1.29, 1.82) is 0 Å². The summed E-state index contributed by atoms with van der Waals surface area (Å²) >= 11 is 3.71. The minimum atomic E-state index is 0.122. The van der Waals surface area contributed by atoms with Gasteiger partial charge in [-0.3, -0.25) is 0 Å². The molecule has 4 rings (SSSR count). The van der Waals surface area contributed by atoms with Gasteiger partial charge in [0.2, 0.25) is 5.69 Å². The molecule has 31 heavy (non-hydrogen) atoms. The van der Waals surface area contributed by atoms with Crippen molar-refractivity contribution in [3.63, 3.8) is 0 Å². The molecule has 164 valence electrons. The van der Waals surface area contributed by atoms with Crippen molar-refractivity contribution >= 4 is 39.1 Å². The molecule has 1 heterocycles. The Hall–Kier alpha value is -2.07. The van der Waals surface area contributed by atoms with Crippen LogP contribution in [0.5, 0.6) is 5.75 Å². The summed E-state index contributed by atoms with van der Waals surface area (Å²) in [5, 5.41) is 0. The van der Waals surface area contributed by atoms with E-state index in [1.165, 1.54) is 59.2 Å². The SMILES string of the molecule is CCN(CC)c1ccc(/C=C/C2=[N+](C)c3ccc(Br)cc3C23CCCCC3)c(OC)c1. The van der Waals surface area contributed by atoms with Crippen molar-refractivity contribution in [3.8, 4) is 5.75 Å². The molecule has 0 bridgehead atoms.